The van der Waals surface area contributed by atoms with Crippen molar-refractivity contribution in [3.63, 3.8) is 0 Å². The molecular weight excluding hydrogens is 236 g/mol. The molecule has 3 nitrogen and oxygen atoms in total. The van der Waals surface area contributed by atoms with E-state index in [-0.39, 0.29) is 12.1 Å². The quantitative estimate of drug-likeness (QED) is 0.822. The van der Waals surface area contributed by atoms with Crippen LogP contribution in [0.1, 0.15) is 52.9 Å². The third-order valence-corrected chi connectivity index (χ3v) is 5.25. The molecule has 1 aliphatic heterocycles. The number of nitrogens with zero attached hydrogens (tertiary/aromatic N) is 1. The largest absolute Gasteiger partial charge is 0.394 e. The van der Waals surface area contributed by atoms with Crippen LogP contribution in [0.4, 0.5) is 0 Å². The van der Waals surface area contributed by atoms with Crippen LogP contribution >= 0.6 is 0 Å². The van der Waals surface area contributed by atoms with Gasteiger partial charge in [0.2, 0.25) is 0 Å². The Morgan fingerprint density at radius 3 is 2.26 bits per heavy atom. The third kappa shape index (κ3) is 3.93. The minimum atomic E-state index is -0.346. The molecule has 2 aliphatic rings. The Labute approximate surface area is 118 Å². The first-order chi connectivity index (χ1) is 8.85. The monoisotopic (exact) mass is 268 g/mol. The molecule has 0 spiro atoms. The maximum atomic E-state index is 9.63. The van der Waals surface area contributed by atoms with Gasteiger partial charge in [0.05, 0.1) is 12.1 Å². The highest BCUT2D eigenvalue weighted by Crippen LogP contribution is 2.39. The summed E-state index contributed by atoms with van der Waals surface area (Å²) in [5.41, 5.74) is 6.49. The summed E-state index contributed by atoms with van der Waals surface area (Å²) in [6, 6.07) is 0. The zero-order valence-electron chi connectivity index (χ0n) is 13.0. The summed E-state index contributed by atoms with van der Waals surface area (Å²) in [5.74, 6) is 1.37. The predicted molar refractivity (Wildman–Crippen MR) is 80.0 cm³/mol. The topological polar surface area (TPSA) is 49.5 Å². The fourth-order valence-corrected chi connectivity index (χ4v) is 3.56. The van der Waals surface area contributed by atoms with E-state index in [0.717, 1.165) is 25.6 Å². The molecular formula is C16H32N2O. The van der Waals surface area contributed by atoms with Gasteiger partial charge in [0.25, 0.3) is 0 Å². The highest BCUT2D eigenvalue weighted by molar-refractivity contribution is 5.00. The van der Waals surface area contributed by atoms with E-state index in [1.165, 1.54) is 32.1 Å². The second-order valence-corrected chi connectivity index (χ2v) is 7.94. The fraction of sp³-hybridized carbons (Fsp3) is 1.00. The van der Waals surface area contributed by atoms with Crippen LogP contribution in [0.25, 0.3) is 0 Å². The highest BCUT2D eigenvalue weighted by Gasteiger charge is 2.43. The number of aliphatic hydroxyl groups is 1. The maximum Gasteiger partial charge on any atom is 0.0626 e. The number of hydrogen-bond acceptors (Lipinski definition) is 3. The second kappa shape index (κ2) is 5.71. The van der Waals surface area contributed by atoms with Crippen LogP contribution in [0.15, 0.2) is 0 Å². The van der Waals surface area contributed by atoms with E-state index in [1.807, 2.05) is 0 Å². The molecule has 0 aromatic rings. The molecule has 0 amide bonds. The lowest BCUT2D eigenvalue weighted by Gasteiger charge is -2.34. The number of likely N-dealkylation sites (tertiary alicyclic amines) is 1. The van der Waals surface area contributed by atoms with E-state index in [2.05, 4.69) is 25.7 Å². The Hall–Kier alpha value is -0.120. The molecule has 0 aromatic carbocycles. The molecule has 3 heteroatoms. The Kier molecular flexibility index (Phi) is 4.59. The minimum absolute atomic E-state index is 0.136. The molecule has 2 rings (SSSR count). The van der Waals surface area contributed by atoms with Crippen molar-refractivity contribution in [1.29, 1.82) is 0 Å². The van der Waals surface area contributed by atoms with Crippen LogP contribution < -0.4 is 5.73 Å². The molecule has 1 aliphatic carbocycles. The maximum absolute atomic E-state index is 9.63. The van der Waals surface area contributed by atoms with Crippen molar-refractivity contribution in [2.45, 2.75) is 58.4 Å². The summed E-state index contributed by atoms with van der Waals surface area (Å²) in [5, 5.41) is 9.63. The first-order valence-electron chi connectivity index (χ1n) is 7.97. The van der Waals surface area contributed by atoms with Crippen molar-refractivity contribution in [2.75, 3.05) is 26.2 Å². The number of hydrogen-bond donors (Lipinski definition) is 2. The van der Waals surface area contributed by atoms with Crippen LogP contribution in [-0.4, -0.2) is 41.8 Å². The number of nitrogens with two attached hydrogens (primary N) is 1. The molecule has 2 fully saturated rings. The predicted octanol–water partition coefficient (Wildman–Crippen LogP) is 2.23. The fourth-order valence-electron chi connectivity index (χ4n) is 3.56. The smallest absolute Gasteiger partial charge is 0.0626 e. The standard InChI is InChI=1S/C16H32N2O/c1-15(2,3)13-5-4-9-18(10-8-13)11-16(17,12-19)14-6-7-14/h13-14,19H,4-12,17H2,1-3H3. The highest BCUT2D eigenvalue weighted by atomic mass is 16.3. The summed E-state index contributed by atoms with van der Waals surface area (Å²) in [6.07, 6.45) is 6.29. The molecule has 3 N–H and O–H groups in total. The van der Waals surface area contributed by atoms with Gasteiger partial charge in [-0.3, -0.25) is 0 Å². The first kappa shape index (κ1) is 15.3. The van der Waals surface area contributed by atoms with Gasteiger partial charge in [-0.15, -0.1) is 0 Å². The summed E-state index contributed by atoms with van der Waals surface area (Å²) in [6.45, 7) is 10.4. The van der Waals surface area contributed by atoms with Crippen molar-refractivity contribution in [3.8, 4) is 0 Å². The minimum Gasteiger partial charge on any atom is -0.394 e. The van der Waals surface area contributed by atoms with E-state index in [0.29, 0.717) is 11.3 Å². The molecule has 1 saturated heterocycles. The average molecular weight is 268 g/mol. The van der Waals surface area contributed by atoms with Crippen LogP contribution in [-0.2, 0) is 0 Å². The van der Waals surface area contributed by atoms with Gasteiger partial charge in [-0.2, -0.15) is 0 Å². The zero-order valence-corrected chi connectivity index (χ0v) is 13.0. The molecule has 2 atom stereocenters. The van der Waals surface area contributed by atoms with Crippen LogP contribution in [0, 0.1) is 17.3 Å². The van der Waals surface area contributed by atoms with E-state index in [9.17, 15) is 5.11 Å². The van der Waals surface area contributed by atoms with Crippen molar-refractivity contribution in [3.05, 3.63) is 0 Å². The zero-order chi connectivity index (χ0) is 14.1. The van der Waals surface area contributed by atoms with E-state index in [4.69, 9.17) is 5.73 Å². The van der Waals surface area contributed by atoms with Crippen LogP contribution in [0.2, 0.25) is 0 Å². The van der Waals surface area contributed by atoms with Gasteiger partial charge in [-0.25, -0.2) is 0 Å². The normalized spacial score (nSPS) is 29.8. The Bertz CT molecular complexity index is 296. The van der Waals surface area contributed by atoms with Gasteiger partial charge in [0.15, 0.2) is 0 Å². The molecule has 19 heavy (non-hydrogen) atoms. The molecule has 1 saturated carbocycles. The Morgan fingerprint density at radius 2 is 1.74 bits per heavy atom. The first-order valence-corrected chi connectivity index (χ1v) is 7.97. The van der Waals surface area contributed by atoms with Gasteiger partial charge >= 0.3 is 0 Å². The molecule has 0 bridgehead atoms. The van der Waals surface area contributed by atoms with Gasteiger partial charge in [-0.1, -0.05) is 20.8 Å². The third-order valence-electron chi connectivity index (χ3n) is 5.25. The van der Waals surface area contributed by atoms with Gasteiger partial charge in [0.1, 0.15) is 0 Å². The molecule has 112 valence electrons. The molecule has 0 radical (unpaired) electrons. The van der Waals surface area contributed by atoms with E-state index >= 15 is 0 Å². The van der Waals surface area contributed by atoms with E-state index < -0.39 is 0 Å². The summed E-state index contributed by atoms with van der Waals surface area (Å²) in [7, 11) is 0. The molecule has 2 unspecified atom stereocenters. The number of rotatable bonds is 4. The van der Waals surface area contributed by atoms with Gasteiger partial charge in [-0.05, 0) is 62.4 Å². The SMILES string of the molecule is CC(C)(C)C1CCCN(CC(N)(CO)C2CC2)CC1. The second-order valence-electron chi connectivity index (χ2n) is 7.94. The lowest BCUT2D eigenvalue weighted by Crippen LogP contribution is -2.55. The summed E-state index contributed by atoms with van der Waals surface area (Å²) in [4.78, 5) is 2.50. The Morgan fingerprint density at radius 1 is 1.05 bits per heavy atom. The van der Waals surface area contributed by atoms with Crippen molar-refractivity contribution >= 4 is 0 Å². The molecule has 0 aromatic heterocycles. The van der Waals surface area contributed by atoms with Gasteiger partial charge in [0, 0.05) is 6.54 Å². The van der Waals surface area contributed by atoms with Crippen LogP contribution in [0.3, 0.4) is 0 Å². The van der Waals surface area contributed by atoms with E-state index in [1.54, 1.807) is 0 Å². The van der Waals surface area contributed by atoms with Crippen molar-refractivity contribution in [2.24, 2.45) is 23.0 Å². The summed E-state index contributed by atoms with van der Waals surface area (Å²) >= 11 is 0. The van der Waals surface area contributed by atoms with Crippen molar-refractivity contribution in [1.82, 2.24) is 4.90 Å². The lowest BCUT2D eigenvalue weighted by atomic mass is 9.77. The number of aliphatic hydroxyl groups excluding tert-OH is 1. The Balaban J connectivity index is 1.89. The van der Waals surface area contributed by atoms with Crippen molar-refractivity contribution < 1.29 is 5.11 Å². The summed E-state index contributed by atoms with van der Waals surface area (Å²) < 4.78 is 0. The average Bonchev–Trinajstić information content (AvgIpc) is 3.14. The molecule has 1 heterocycles. The van der Waals surface area contributed by atoms with Crippen LogP contribution in [0.5, 0.6) is 0 Å². The van der Waals surface area contributed by atoms with Gasteiger partial charge < -0.3 is 15.7 Å². The lowest BCUT2D eigenvalue weighted by molar-refractivity contribution is 0.120.